The Kier molecular flexibility index (Phi) is 87.5. The molecule has 0 aromatic carbocycles. The van der Waals surface area contributed by atoms with Crippen LogP contribution in [0.15, 0.2) is 48.6 Å². The minimum absolute atomic E-state index is 0.0633. The second kappa shape index (κ2) is 84.8. The fourth-order valence-electron chi connectivity index (χ4n) is 11.5. The number of carboxylic acid groups (broad SMARTS) is 4. The van der Waals surface area contributed by atoms with Crippen LogP contribution in [-0.2, 0) is 19.2 Å². The largest absolute Gasteiger partial charge is 0.481 e. The number of carboxylic acids is 4. The fraction of sp³-hybridized carbons (Fsp3) is 0.852. The molecule has 0 aliphatic rings. The van der Waals surface area contributed by atoms with Gasteiger partial charge >= 0.3 is 23.9 Å². The zero-order chi connectivity index (χ0) is 71.0. The van der Waals surface area contributed by atoms with Gasteiger partial charge in [-0.3, -0.25) is 19.2 Å². The summed E-state index contributed by atoms with van der Waals surface area (Å²) >= 11 is 0. The number of hydrogen-bond donors (Lipinski definition) is 10. The zero-order valence-electron chi connectivity index (χ0n) is 61.7. The summed E-state index contributed by atoms with van der Waals surface area (Å²) in [5, 5.41) is 90.9. The molecule has 95 heavy (non-hydrogen) atoms. The molecular weight excluding hydrogens is 1200 g/mol. The summed E-state index contributed by atoms with van der Waals surface area (Å²) in [6.07, 6.45) is 79.8. The normalized spacial score (nSPS) is 13.1. The van der Waals surface area contributed by atoms with E-state index in [0.717, 1.165) is 83.5 Å². The maximum Gasteiger partial charge on any atom is 0.306 e. The number of aliphatic carboxylic acids is 4. The van der Waals surface area contributed by atoms with E-state index in [-0.39, 0.29) is 25.4 Å². The molecule has 14 nitrogen and oxygen atoms in total. The van der Waals surface area contributed by atoms with Crippen molar-refractivity contribution in [3.8, 4) is 0 Å². The van der Waals surface area contributed by atoms with Crippen molar-refractivity contribution in [2.75, 3.05) is 19.8 Å². The molecule has 0 radical (unpaired) electrons. The highest BCUT2D eigenvalue weighted by atomic mass is 16.4. The monoisotopic (exact) mass is 1350 g/mol. The summed E-state index contributed by atoms with van der Waals surface area (Å²) in [6, 6.07) is 0. The summed E-state index contributed by atoms with van der Waals surface area (Å²) < 4.78 is 0. The number of aliphatic hydroxyl groups is 6. The molecule has 0 saturated carbocycles. The highest BCUT2D eigenvalue weighted by Gasteiger charge is 2.31. The van der Waals surface area contributed by atoms with Crippen LogP contribution >= 0.6 is 0 Å². The molecule has 0 aliphatic carbocycles. The Bertz CT molecular complexity index is 1560. The number of aliphatic hydroxyl groups excluding tert-OH is 6. The summed E-state index contributed by atoms with van der Waals surface area (Å²) in [7, 11) is 0. The van der Waals surface area contributed by atoms with E-state index in [1.807, 2.05) is 0 Å². The summed E-state index contributed by atoms with van der Waals surface area (Å²) in [4.78, 5) is 42.7. The topological polar surface area (TPSA) is 271 Å². The van der Waals surface area contributed by atoms with E-state index < -0.39 is 61.3 Å². The first-order valence-corrected chi connectivity index (χ1v) is 39.5. The van der Waals surface area contributed by atoms with Crippen LogP contribution in [0.2, 0.25) is 0 Å². The smallest absolute Gasteiger partial charge is 0.306 e. The van der Waals surface area contributed by atoms with E-state index in [0.29, 0.717) is 32.1 Å². The Morgan fingerprint density at radius 2 is 0.474 bits per heavy atom. The molecule has 562 valence electrons. The van der Waals surface area contributed by atoms with E-state index in [2.05, 4.69) is 69.4 Å². The number of rotatable bonds is 70. The Morgan fingerprint density at radius 3 is 0.716 bits per heavy atom. The lowest BCUT2D eigenvalue weighted by atomic mass is 9.80. The van der Waals surface area contributed by atoms with Crippen LogP contribution in [0.1, 0.15) is 393 Å². The van der Waals surface area contributed by atoms with Crippen molar-refractivity contribution in [2.45, 2.75) is 411 Å². The van der Waals surface area contributed by atoms with E-state index in [4.69, 9.17) is 30.6 Å². The highest BCUT2D eigenvalue weighted by molar-refractivity contribution is 5.70. The summed E-state index contributed by atoms with van der Waals surface area (Å²) in [6.45, 7) is 5.71. The second-order valence-corrected chi connectivity index (χ2v) is 27.0. The van der Waals surface area contributed by atoms with Crippen LogP contribution in [0.5, 0.6) is 0 Å². The quantitative estimate of drug-likeness (QED) is 0.0200. The number of unbranched alkanes of at least 4 members (excludes halogenated alkanes) is 43. The molecule has 14 heteroatoms. The van der Waals surface area contributed by atoms with E-state index in [1.165, 1.54) is 244 Å². The molecule has 0 saturated heterocycles. The predicted octanol–water partition coefficient (Wildman–Crippen LogP) is 21.5. The van der Waals surface area contributed by atoms with Gasteiger partial charge in [0.05, 0.1) is 44.1 Å². The third-order valence-corrected chi connectivity index (χ3v) is 17.6. The van der Waals surface area contributed by atoms with Crippen molar-refractivity contribution >= 4 is 23.9 Å². The van der Waals surface area contributed by atoms with Crippen molar-refractivity contribution < 1.29 is 70.2 Å². The first kappa shape index (κ1) is 98.0. The molecule has 10 N–H and O–H groups in total. The number of hydrogen-bond acceptors (Lipinski definition) is 10. The summed E-state index contributed by atoms with van der Waals surface area (Å²) in [5.41, 5.74) is 0. The molecule has 0 spiro atoms. The first-order valence-electron chi connectivity index (χ1n) is 39.5. The van der Waals surface area contributed by atoms with Gasteiger partial charge in [0.15, 0.2) is 0 Å². The van der Waals surface area contributed by atoms with Crippen molar-refractivity contribution in [3.63, 3.8) is 0 Å². The molecule has 0 fully saturated rings. The SMILES string of the molecule is CCCCCCCCC=CCCCCCCCC(=O)O.CCCCCCCCC=CCCCCCCCC(=O)O.CCCCCCCCC=CCCCCCCCC(=O)O.O=C(O)C(CC(O)CO)C(CCCCCC=CCCCCCCCCCC(O)CO)CC(O)CO. The third kappa shape index (κ3) is 90.6. The van der Waals surface area contributed by atoms with Crippen LogP contribution in [0, 0.1) is 11.8 Å². The lowest BCUT2D eigenvalue weighted by Crippen LogP contribution is -2.32. The molecular formula is C81H154O14. The highest BCUT2D eigenvalue weighted by Crippen LogP contribution is 2.29. The molecule has 0 rings (SSSR count). The molecule has 0 heterocycles. The Balaban J connectivity index is -0.000000604. The van der Waals surface area contributed by atoms with Crippen LogP contribution in [0.4, 0.5) is 0 Å². The van der Waals surface area contributed by atoms with Crippen LogP contribution in [0.3, 0.4) is 0 Å². The Labute approximate surface area is 583 Å². The van der Waals surface area contributed by atoms with E-state index in [1.54, 1.807) is 0 Å². The minimum Gasteiger partial charge on any atom is -0.481 e. The van der Waals surface area contributed by atoms with Gasteiger partial charge in [-0.1, -0.05) is 275 Å². The van der Waals surface area contributed by atoms with Gasteiger partial charge in [0.2, 0.25) is 0 Å². The predicted molar refractivity (Wildman–Crippen MR) is 398 cm³/mol. The van der Waals surface area contributed by atoms with Gasteiger partial charge in [0.25, 0.3) is 0 Å². The zero-order valence-corrected chi connectivity index (χ0v) is 61.7. The maximum atomic E-state index is 11.7. The average Bonchev–Trinajstić information content (AvgIpc) is 1.47. The van der Waals surface area contributed by atoms with Crippen LogP contribution in [-0.4, -0.2) is 113 Å². The van der Waals surface area contributed by atoms with Gasteiger partial charge in [-0.15, -0.1) is 0 Å². The first-order chi connectivity index (χ1) is 46.2. The Morgan fingerprint density at radius 1 is 0.263 bits per heavy atom. The average molecular weight is 1350 g/mol. The van der Waals surface area contributed by atoms with Gasteiger partial charge in [0, 0.05) is 19.3 Å². The number of carbonyl (C=O) groups is 4. The molecule has 0 bridgehead atoms. The Hall–Kier alpha value is -3.40. The number of allylic oxidation sites excluding steroid dienone is 8. The molecule has 5 unspecified atom stereocenters. The molecule has 0 aromatic heterocycles. The van der Waals surface area contributed by atoms with Gasteiger partial charge < -0.3 is 51.1 Å². The second-order valence-electron chi connectivity index (χ2n) is 27.0. The van der Waals surface area contributed by atoms with Gasteiger partial charge in [-0.2, -0.15) is 0 Å². The van der Waals surface area contributed by atoms with Gasteiger partial charge in [0.1, 0.15) is 0 Å². The molecule has 0 aromatic rings. The van der Waals surface area contributed by atoms with Gasteiger partial charge in [-0.05, 0) is 154 Å². The fourth-order valence-corrected chi connectivity index (χ4v) is 11.5. The van der Waals surface area contributed by atoms with Crippen molar-refractivity contribution in [1.29, 1.82) is 0 Å². The van der Waals surface area contributed by atoms with Gasteiger partial charge in [-0.25, -0.2) is 0 Å². The third-order valence-electron chi connectivity index (χ3n) is 17.6. The van der Waals surface area contributed by atoms with Crippen molar-refractivity contribution in [2.24, 2.45) is 11.8 Å². The molecule has 5 atom stereocenters. The standard InChI is InChI=1S/C27H52O8.3C18H34O2/c28-19-23(31)16-14-12-10-8-6-4-2-1-3-5-7-9-11-13-15-22(17-24(32)20-29)26(27(34)35)18-25(33)21-30;3*1-2-3-4-5-6-7-8-9-10-11-12-13-14-15-16-17-18(19)20/h3,5,22-26,28-33H,1-2,4,6-21H2,(H,34,35);3*9-10H,2-8,11-17H2,1H3,(H,19,20). The van der Waals surface area contributed by atoms with Crippen molar-refractivity contribution in [3.05, 3.63) is 48.6 Å². The lowest BCUT2D eigenvalue weighted by molar-refractivity contribution is -0.146. The summed E-state index contributed by atoms with van der Waals surface area (Å²) in [5.74, 6) is -4.27. The minimum atomic E-state index is -1.10. The van der Waals surface area contributed by atoms with Crippen LogP contribution < -0.4 is 0 Å². The maximum absolute atomic E-state index is 11.7. The van der Waals surface area contributed by atoms with Crippen LogP contribution in [0.25, 0.3) is 0 Å². The lowest BCUT2D eigenvalue weighted by Gasteiger charge is -2.27. The van der Waals surface area contributed by atoms with E-state index in [9.17, 15) is 39.6 Å². The molecule has 0 aliphatic heterocycles. The van der Waals surface area contributed by atoms with E-state index >= 15 is 0 Å². The van der Waals surface area contributed by atoms with Crippen molar-refractivity contribution in [1.82, 2.24) is 0 Å². The molecule has 0 amide bonds.